The third-order valence-electron chi connectivity index (χ3n) is 6.66. The first-order valence-electron chi connectivity index (χ1n) is 12.1. The molecule has 0 radical (unpaired) electrons. The third-order valence-corrected chi connectivity index (χ3v) is 6.66. The van der Waals surface area contributed by atoms with Crippen molar-refractivity contribution in [3.63, 3.8) is 0 Å². The van der Waals surface area contributed by atoms with Crippen LogP contribution in [0.4, 0.5) is 0 Å². The van der Waals surface area contributed by atoms with E-state index in [1.807, 2.05) is 20.8 Å². The molecule has 1 fully saturated rings. The summed E-state index contributed by atoms with van der Waals surface area (Å²) in [6, 6.07) is 8.72. The summed E-state index contributed by atoms with van der Waals surface area (Å²) < 4.78 is 0. The van der Waals surface area contributed by atoms with Gasteiger partial charge in [-0.3, -0.25) is 4.79 Å². The molecule has 1 saturated carbocycles. The van der Waals surface area contributed by atoms with Gasteiger partial charge in [0.15, 0.2) is 0 Å². The van der Waals surface area contributed by atoms with Crippen LogP contribution < -0.4 is 5.32 Å². The Bertz CT molecular complexity index is 801. The maximum Gasteiger partial charge on any atom is 0.220 e. The van der Waals surface area contributed by atoms with Crippen molar-refractivity contribution < 1.29 is 9.90 Å². The Labute approximate surface area is 189 Å². The standard InChI is InChI=1S/C28H41NO2/c1-20-10-9-13-21(16-20)11-5-7-14-24-25-18-22(17-23(25)19-26(24)30)12-6-8-15-27(31)29-28(2,3)4/h7,9-10,13-14,16-17,23-26,30H,5-6,8,11-12,15,18-19H2,1-4H3,(H,29,31)/t23-,24+,25-,26+/m0/s1. The Morgan fingerprint density at radius 2 is 2.03 bits per heavy atom. The zero-order chi connectivity index (χ0) is 22.4. The number of allylic oxidation sites excluding steroid dienone is 3. The Morgan fingerprint density at radius 3 is 2.77 bits per heavy atom. The van der Waals surface area contributed by atoms with E-state index in [0.717, 1.165) is 44.9 Å². The smallest absolute Gasteiger partial charge is 0.220 e. The molecule has 2 aliphatic rings. The number of rotatable bonds is 9. The summed E-state index contributed by atoms with van der Waals surface area (Å²) in [7, 11) is 0. The first kappa shape index (κ1) is 23.8. The highest BCUT2D eigenvalue weighted by Crippen LogP contribution is 2.48. The van der Waals surface area contributed by atoms with Crippen molar-refractivity contribution in [1.29, 1.82) is 0 Å². The van der Waals surface area contributed by atoms with E-state index in [2.05, 4.69) is 54.7 Å². The van der Waals surface area contributed by atoms with E-state index >= 15 is 0 Å². The minimum Gasteiger partial charge on any atom is -0.392 e. The van der Waals surface area contributed by atoms with Crippen molar-refractivity contribution in [3.05, 3.63) is 59.2 Å². The molecular formula is C28H41NO2. The maximum absolute atomic E-state index is 12.0. The third kappa shape index (κ3) is 7.35. The lowest BCUT2D eigenvalue weighted by molar-refractivity contribution is -0.122. The second kappa shape index (κ2) is 10.6. The molecule has 2 N–H and O–H groups in total. The Morgan fingerprint density at radius 1 is 1.23 bits per heavy atom. The lowest BCUT2D eigenvalue weighted by Gasteiger charge is -2.20. The average molecular weight is 424 g/mol. The number of benzene rings is 1. The van der Waals surface area contributed by atoms with E-state index in [1.54, 1.807) is 0 Å². The Kier molecular flexibility index (Phi) is 8.16. The van der Waals surface area contributed by atoms with Crippen molar-refractivity contribution in [1.82, 2.24) is 5.32 Å². The van der Waals surface area contributed by atoms with Crippen LogP contribution in [0.1, 0.15) is 76.8 Å². The molecule has 0 aliphatic heterocycles. The number of hydrogen-bond donors (Lipinski definition) is 2. The summed E-state index contributed by atoms with van der Waals surface area (Å²) in [5, 5.41) is 13.6. The fraction of sp³-hybridized carbons (Fsp3) is 0.607. The maximum atomic E-state index is 12.0. The van der Waals surface area contributed by atoms with E-state index in [1.165, 1.54) is 16.7 Å². The van der Waals surface area contributed by atoms with Crippen LogP contribution >= 0.6 is 0 Å². The first-order chi connectivity index (χ1) is 14.7. The van der Waals surface area contributed by atoms with Gasteiger partial charge >= 0.3 is 0 Å². The number of fused-ring (bicyclic) bond motifs is 1. The highest BCUT2D eigenvalue weighted by Gasteiger charge is 2.43. The predicted octanol–water partition coefficient (Wildman–Crippen LogP) is 5.90. The van der Waals surface area contributed by atoms with Crippen molar-refractivity contribution in [2.24, 2.45) is 17.8 Å². The van der Waals surface area contributed by atoms with Gasteiger partial charge in [0.2, 0.25) is 5.91 Å². The van der Waals surface area contributed by atoms with Gasteiger partial charge in [0.05, 0.1) is 6.10 Å². The molecule has 0 heterocycles. The summed E-state index contributed by atoms with van der Waals surface area (Å²) in [6.07, 6.45) is 14.6. The second-order valence-corrected chi connectivity index (χ2v) is 10.7. The normalized spacial score (nSPS) is 25.6. The second-order valence-electron chi connectivity index (χ2n) is 10.7. The summed E-state index contributed by atoms with van der Waals surface area (Å²) >= 11 is 0. The SMILES string of the molecule is Cc1cccc(CCC=C[C@@H]2[C@H]3CC(CCCCC(=O)NC(C)(C)C)=C[C@H]3C[C@H]2O)c1. The number of nitrogens with one attached hydrogen (secondary N) is 1. The van der Waals surface area contributed by atoms with Crippen molar-refractivity contribution in [2.75, 3.05) is 0 Å². The lowest BCUT2D eigenvalue weighted by atomic mass is 9.88. The molecule has 0 spiro atoms. The minimum absolute atomic E-state index is 0.147. The Hall–Kier alpha value is -1.87. The van der Waals surface area contributed by atoms with Crippen LogP contribution in [0.3, 0.4) is 0 Å². The van der Waals surface area contributed by atoms with E-state index in [4.69, 9.17) is 0 Å². The highest BCUT2D eigenvalue weighted by molar-refractivity contribution is 5.76. The molecule has 3 heteroatoms. The molecule has 4 atom stereocenters. The average Bonchev–Trinajstić information content (AvgIpc) is 3.18. The monoisotopic (exact) mass is 423 g/mol. The number of amides is 1. The molecule has 3 rings (SSSR count). The number of carbonyl (C=O) groups excluding carboxylic acids is 1. The molecule has 1 aromatic rings. The van der Waals surface area contributed by atoms with Crippen LogP contribution in [0.5, 0.6) is 0 Å². The van der Waals surface area contributed by atoms with Gasteiger partial charge in [-0.15, -0.1) is 0 Å². The molecule has 0 saturated heterocycles. The summed E-state index contributed by atoms with van der Waals surface area (Å²) in [4.78, 5) is 12.0. The fourth-order valence-corrected chi connectivity index (χ4v) is 5.28. The molecule has 1 amide bonds. The van der Waals surface area contributed by atoms with Crippen LogP contribution in [-0.4, -0.2) is 22.7 Å². The summed E-state index contributed by atoms with van der Waals surface area (Å²) in [6.45, 7) is 8.21. The van der Waals surface area contributed by atoms with Gasteiger partial charge in [-0.25, -0.2) is 0 Å². The van der Waals surface area contributed by atoms with Gasteiger partial charge in [-0.2, -0.15) is 0 Å². The van der Waals surface area contributed by atoms with E-state index < -0.39 is 0 Å². The fourth-order valence-electron chi connectivity index (χ4n) is 5.28. The number of unbranched alkanes of at least 4 members (excludes halogenated alkanes) is 1. The number of carbonyl (C=O) groups is 1. The Balaban J connectivity index is 1.40. The summed E-state index contributed by atoms with van der Waals surface area (Å²) in [5.41, 5.74) is 4.09. The molecule has 31 heavy (non-hydrogen) atoms. The predicted molar refractivity (Wildman–Crippen MR) is 129 cm³/mol. The zero-order valence-corrected chi connectivity index (χ0v) is 19.9. The van der Waals surface area contributed by atoms with Gasteiger partial charge in [-0.05, 0) is 90.0 Å². The molecule has 2 aliphatic carbocycles. The largest absolute Gasteiger partial charge is 0.392 e. The highest BCUT2D eigenvalue weighted by atomic mass is 16.3. The van der Waals surface area contributed by atoms with Crippen LogP contribution in [0.15, 0.2) is 48.1 Å². The molecule has 1 aromatic carbocycles. The van der Waals surface area contributed by atoms with Gasteiger partial charge in [-0.1, -0.05) is 53.6 Å². The van der Waals surface area contributed by atoms with E-state index in [9.17, 15) is 9.90 Å². The molecule has 0 aromatic heterocycles. The molecule has 170 valence electrons. The van der Waals surface area contributed by atoms with Crippen LogP contribution in [0.25, 0.3) is 0 Å². The first-order valence-corrected chi connectivity index (χ1v) is 12.1. The van der Waals surface area contributed by atoms with Crippen molar-refractivity contribution in [3.8, 4) is 0 Å². The van der Waals surface area contributed by atoms with Gasteiger partial charge < -0.3 is 10.4 Å². The summed E-state index contributed by atoms with van der Waals surface area (Å²) in [5.74, 6) is 1.53. The van der Waals surface area contributed by atoms with Gasteiger partial charge in [0, 0.05) is 17.9 Å². The number of aryl methyl sites for hydroxylation is 2. The molecule has 0 unspecified atom stereocenters. The van der Waals surface area contributed by atoms with Gasteiger partial charge in [0.25, 0.3) is 0 Å². The topological polar surface area (TPSA) is 49.3 Å². The molecule has 3 nitrogen and oxygen atoms in total. The van der Waals surface area contributed by atoms with Crippen LogP contribution in [-0.2, 0) is 11.2 Å². The number of aliphatic hydroxyl groups is 1. The lowest BCUT2D eigenvalue weighted by Crippen LogP contribution is -2.40. The number of aliphatic hydroxyl groups excluding tert-OH is 1. The van der Waals surface area contributed by atoms with Crippen LogP contribution in [0, 0.1) is 24.7 Å². The zero-order valence-electron chi connectivity index (χ0n) is 19.9. The van der Waals surface area contributed by atoms with E-state index in [0.29, 0.717) is 18.3 Å². The number of hydrogen-bond acceptors (Lipinski definition) is 2. The van der Waals surface area contributed by atoms with Crippen molar-refractivity contribution >= 4 is 5.91 Å². The quantitative estimate of drug-likeness (QED) is 0.384. The van der Waals surface area contributed by atoms with Gasteiger partial charge in [0.1, 0.15) is 0 Å². The van der Waals surface area contributed by atoms with Crippen molar-refractivity contribution in [2.45, 2.75) is 90.7 Å². The van der Waals surface area contributed by atoms with E-state index in [-0.39, 0.29) is 23.5 Å². The van der Waals surface area contributed by atoms with Crippen LogP contribution in [0.2, 0.25) is 0 Å². The molecule has 0 bridgehead atoms. The molecular weight excluding hydrogens is 382 g/mol. The minimum atomic E-state index is -0.205.